The van der Waals surface area contributed by atoms with Gasteiger partial charge in [0.1, 0.15) is 0 Å². The van der Waals surface area contributed by atoms with Crippen LogP contribution in [0.15, 0.2) is 36.1 Å². The van der Waals surface area contributed by atoms with Gasteiger partial charge < -0.3 is 5.11 Å². The van der Waals surface area contributed by atoms with E-state index < -0.39 is 0 Å². The molecule has 0 spiro atoms. The number of hydrogen-bond donors (Lipinski definition) is 1. The molecule has 12 heavy (non-hydrogen) atoms. The number of rotatable bonds is 4. The highest BCUT2D eigenvalue weighted by Gasteiger charge is 1.86. The predicted octanol–water partition coefficient (Wildman–Crippen LogP) is 2.86. The van der Waals surface area contributed by atoms with E-state index in [1.165, 1.54) is 0 Å². The first kappa shape index (κ1) is 10.5. The van der Waals surface area contributed by atoms with Crippen molar-refractivity contribution in [2.24, 2.45) is 0 Å². The molecule has 64 valence electrons. The van der Waals surface area contributed by atoms with Gasteiger partial charge in [-0.1, -0.05) is 12.7 Å². The smallest absolute Gasteiger partial charge is 0.0985 e. The van der Waals surface area contributed by atoms with Crippen molar-refractivity contribution < 1.29 is 5.11 Å². The van der Waals surface area contributed by atoms with E-state index in [4.69, 9.17) is 10.4 Å². The molecule has 0 atom stereocenters. The Kier molecular flexibility index (Phi) is 5.46. The number of allylic oxidation sites excluding steroid dienone is 4. The molecule has 0 saturated heterocycles. The summed E-state index contributed by atoms with van der Waals surface area (Å²) < 4.78 is 0. The SMILES string of the molecule is C=C(C#N)/C=C\CC/C(C)=C\O. The molecule has 0 amide bonds. The summed E-state index contributed by atoms with van der Waals surface area (Å²) >= 11 is 0. The topological polar surface area (TPSA) is 44.0 Å². The summed E-state index contributed by atoms with van der Waals surface area (Å²) in [6, 6.07) is 1.92. The first-order valence-electron chi connectivity index (χ1n) is 3.76. The van der Waals surface area contributed by atoms with Gasteiger partial charge in [-0.15, -0.1) is 0 Å². The van der Waals surface area contributed by atoms with Crippen molar-refractivity contribution in [2.75, 3.05) is 0 Å². The summed E-state index contributed by atoms with van der Waals surface area (Å²) in [4.78, 5) is 0. The summed E-state index contributed by atoms with van der Waals surface area (Å²) in [5.41, 5.74) is 1.39. The van der Waals surface area contributed by atoms with Crippen molar-refractivity contribution in [3.63, 3.8) is 0 Å². The monoisotopic (exact) mass is 163 g/mol. The lowest BCUT2D eigenvalue weighted by molar-refractivity contribution is 0.464. The summed E-state index contributed by atoms with van der Waals surface area (Å²) in [6.45, 7) is 5.35. The van der Waals surface area contributed by atoms with Gasteiger partial charge in [0.05, 0.1) is 12.3 Å². The molecule has 0 heterocycles. The number of aliphatic hydroxyl groups excluding tert-OH is 1. The molecular formula is C10H13NO. The van der Waals surface area contributed by atoms with Crippen molar-refractivity contribution in [2.45, 2.75) is 19.8 Å². The first-order chi connectivity index (χ1) is 5.70. The van der Waals surface area contributed by atoms with Crippen molar-refractivity contribution >= 4 is 0 Å². The van der Waals surface area contributed by atoms with E-state index in [0.717, 1.165) is 24.7 Å². The first-order valence-corrected chi connectivity index (χ1v) is 3.76. The molecule has 0 radical (unpaired) electrons. The van der Waals surface area contributed by atoms with Crippen LogP contribution >= 0.6 is 0 Å². The average molecular weight is 163 g/mol. The van der Waals surface area contributed by atoms with Gasteiger partial charge in [0.15, 0.2) is 0 Å². The van der Waals surface area contributed by atoms with E-state index in [1.54, 1.807) is 6.08 Å². The Hall–Kier alpha value is -1.49. The lowest BCUT2D eigenvalue weighted by Gasteiger charge is -1.92. The van der Waals surface area contributed by atoms with E-state index >= 15 is 0 Å². The highest BCUT2D eigenvalue weighted by molar-refractivity contribution is 5.29. The number of nitriles is 1. The molecule has 0 saturated carbocycles. The second-order valence-electron chi connectivity index (χ2n) is 2.55. The van der Waals surface area contributed by atoms with Crippen LogP contribution in [0.2, 0.25) is 0 Å². The zero-order valence-corrected chi connectivity index (χ0v) is 7.25. The molecule has 1 N–H and O–H groups in total. The maximum atomic E-state index is 8.53. The molecule has 2 nitrogen and oxygen atoms in total. The minimum absolute atomic E-state index is 0.459. The molecule has 0 aromatic heterocycles. The molecule has 0 unspecified atom stereocenters. The van der Waals surface area contributed by atoms with Crippen molar-refractivity contribution in [3.8, 4) is 6.07 Å². The summed E-state index contributed by atoms with van der Waals surface area (Å²) in [5, 5.41) is 16.9. The number of aliphatic hydroxyl groups is 1. The maximum absolute atomic E-state index is 8.53. The fourth-order valence-electron chi connectivity index (χ4n) is 0.638. The van der Waals surface area contributed by atoms with Crippen molar-refractivity contribution in [1.82, 2.24) is 0 Å². The molecule has 0 aliphatic rings. The highest BCUT2D eigenvalue weighted by atomic mass is 16.2. The Morgan fingerprint density at radius 3 is 2.83 bits per heavy atom. The van der Waals surface area contributed by atoms with Crippen LogP contribution in [-0.4, -0.2) is 5.11 Å². The molecule has 0 aliphatic heterocycles. The van der Waals surface area contributed by atoms with Crippen LogP contribution in [0.25, 0.3) is 0 Å². The third-order valence-corrected chi connectivity index (χ3v) is 1.39. The molecule has 0 bridgehead atoms. The Morgan fingerprint density at radius 2 is 2.33 bits per heavy atom. The van der Waals surface area contributed by atoms with E-state index in [2.05, 4.69) is 6.58 Å². The third kappa shape index (κ3) is 5.31. The van der Waals surface area contributed by atoms with Crippen LogP contribution in [0.4, 0.5) is 0 Å². The van der Waals surface area contributed by atoms with Gasteiger partial charge in [0.25, 0.3) is 0 Å². The zero-order chi connectivity index (χ0) is 9.40. The van der Waals surface area contributed by atoms with E-state index in [0.29, 0.717) is 5.57 Å². The summed E-state index contributed by atoms with van der Waals surface area (Å²) in [7, 11) is 0. The Balaban J connectivity index is 3.65. The quantitative estimate of drug-likeness (QED) is 0.393. The average Bonchev–Trinajstić information content (AvgIpc) is 2.11. The van der Waals surface area contributed by atoms with Crippen LogP contribution < -0.4 is 0 Å². The molecule has 0 rings (SSSR count). The Labute approximate surface area is 73.1 Å². The van der Waals surface area contributed by atoms with Crippen LogP contribution in [0.1, 0.15) is 19.8 Å². The summed E-state index contributed by atoms with van der Waals surface area (Å²) in [5.74, 6) is 0. The van der Waals surface area contributed by atoms with Gasteiger partial charge in [-0.3, -0.25) is 0 Å². The van der Waals surface area contributed by atoms with E-state index in [1.807, 2.05) is 19.1 Å². The van der Waals surface area contributed by atoms with E-state index in [9.17, 15) is 0 Å². The lowest BCUT2D eigenvalue weighted by atomic mass is 10.1. The maximum Gasteiger partial charge on any atom is 0.0985 e. The Bertz CT molecular complexity index is 243. The predicted molar refractivity (Wildman–Crippen MR) is 49.5 cm³/mol. The third-order valence-electron chi connectivity index (χ3n) is 1.39. The van der Waals surface area contributed by atoms with Crippen LogP contribution in [0, 0.1) is 11.3 Å². The fourth-order valence-corrected chi connectivity index (χ4v) is 0.638. The Morgan fingerprint density at radius 1 is 1.67 bits per heavy atom. The normalized spacial score (nSPS) is 11.5. The molecule has 0 aromatic carbocycles. The minimum atomic E-state index is 0.459. The highest BCUT2D eigenvalue weighted by Crippen LogP contribution is 2.03. The van der Waals surface area contributed by atoms with Gasteiger partial charge in [0.2, 0.25) is 0 Å². The standard InChI is InChI=1S/C10H13NO/c1-9(7-11)5-3-4-6-10(2)8-12/h3,5,8,12H,1,4,6H2,2H3/b5-3-,10-8-. The fraction of sp³-hybridized carbons (Fsp3) is 0.300. The molecule has 2 heteroatoms. The molecule has 0 aliphatic carbocycles. The second kappa shape index (κ2) is 6.23. The van der Waals surface area contributed by atoms with Crippen molar-refractivity contribution in [3.05, 3.63) is 36.1 Å². The largest absolute Gasteiger partial charge is 0.516 e. The van der Waals surface area contributed by atoms with Crippen molar-refractivity contribution in [1.29, 1.82) is 5.26 Å². The number of hydrogen-bond acceptors (Lipinski definition) is 2. The van der Waals surface area contributed by atoms with Gasteiger partial charge in [0, 0.05) is 5.57 Å². The lowest BCUT2D eigenvalue weighted by Crippen LogP contribution is -1.75. The number of nitrogens with zero attached hydrogens (tertiary/aromatic N) is 1. The van der Waals surface area contributed by atoms with Gasteiger partial charge in [-0.05, 0) is 31.4 Å². The van der Waals surface area contributed by atoms with Gasteiger partial charge in [-0.2, -0.15) is 5.26 Å². The molecule has 0 aromatic rings. The van der Waals surface area contributed by atoms with Gasteiger partial charge >= 0.3 is 0 Å². The van der Waals surface area contributed by atoms with Gasteiger partial charge in [-0.25, -0.2) is 0 Å². The zero-order valence-electron chi connectivity index (χ0n) is 7.25. The molecular weight excluding hydrogens is 150 g/mol. The second-order valence-corrected chi connectivity index (χ2v) is 2.55. The summed E-state index contributed by atoms with van der Waals surface area (Å²) in [6.07, 6.45) is 6.30. The van der Waals surface area contributed by atoms with Crippen LogP contribution in [-0.2, 0) is 0 Å². The van der Waals surface area contributed by atoms with Crippen LogP contribution in [0.3, 0.4) is 0 Å². The van der Waals surface area contributed by atoms with Crippen LogP contribution in [0.5, 0.6) is 0 Å². The molecule has 0 fully saturated rings. The van der Waals surface area contributed by atoms with E-state index in [-0.39, 0.29) is 0 Å². The minimum Gasteiger partial charge on any atom is -0.516 e.